The molecular weight excluding hydrogens is 412 g/mol. The topological polar surface area (TPSA) is 74.6 Å². The molecular formula is C29H44O4. The Morgan fingerprint density at radius 3 is 2.45 bits per heavy atom. The Morgan fingerprint density at radius 2 is 1.82 bits per heavy atom. The summed E-state index contributed by atoms with van der Waals surface area (Å²) in [5, 5.41) is 18.6. The third-order valence-electron chi connectivity index (χ3n) is 11.8. The molecule has 0 amide bonds. The first-order chi connectivity index (χ1) is 15.5. The summed E-state index contributed by atoms with van der Waals surface area (Å²) < 4.78 is 0. The zero-order valence-electron chi connectivity index (χ0n) is 21.2. The van der Waals surface area contributed by atoms with E-state index in [0.717, 1.165) is 19.3 Å². The first-order valence-electron chi connectivity index (χ1n) is 13.2. The molecule has 0 saturated heterocycles. The minimum Gasteiger partial charge on any atom is -0.481 e. The Morgan fingerprint density at radius 1 is 1.09 bits per heavy atom. The molecule has 0 bridgehead atoms. The van der Waals surface area contributed by atoms with Gasteiger partial charge < -0.3 is 10.2 Å². The van der Waals surface area contributed by atoms with Crippen LogP contribution in [-0.4, -0.2) is 22.2 Å². The number of rotatable bonds is 9. The van der Waals surface area contributed by atoms with Crippen molar-refractivity contribution in [3.05, 3.63) is 24.3 Å². The second-order valence-electron chi connectivity index (χ2n) is 12.6. The highest BCUT2D eigenvalue weighted by molar-refractivity contribution is 5.85. The van der Waals surface area contributed by atoms with Crippen molar-refractivity contribution in [2.45, 2.75) is 98.3 Å². The molecule has 1 spiro atoms. The monoisotopic (exact) mass is 456 g/mol. The van der Waals surface area contributed by atoms with E-state index in [4.69, 9.17) is 5.11 Å². The van der Waals surface area contributed by atoms with E-state index in [1.54, 1.807) is 6.92 Å². The van der Waals surface area contributed by atoms with Crippen LogP contribution in [0.25, 0.3) is 0 Å². The van der Waals surface area contributed by atoms with Crippen LogP contribution in [0.4, 0.5) is 0 Å². The lowest BCUT2D eigenvalue weighted by atomic mass is 9.44. The quantitative estimate of drug-likeness (QED) is 0.286. The summed E-state index contributed by atoms with van der Waals surface area (Å²) in [7, 11) is 0. The van der Waals surface area contributed by atoms with E-state index >= 15 is 0 Å². The molecule has 0 aliphatic heterocycles. The highest BCUT2D eigenvalue weighted by atomic mass is 16.4. The highest BCUT2D eigenvalue weighted by Crippen LogP contribution is 2.87. The molecule has 0 radical (unpaired) electrons. The molecule has 8 atom stereocenters. The van der Waals surface area contributed by atoms with E-state index in [9.17, 15) is 14.7 Å². The van der Waals surface area contributed by atoms with Crippen LogP contribution in [0, 0.1) is 45.3 Å². The average molecular weight is 457 g/mol. The Kier molecular flexibility index (Phi) is 6.15. The number of carboxylic acids is 2. The van der Waals surface area contributed by atoms with Gasteiger partial charge in [-0.3, -0.25) is 4.79 Å². The fourth-order valence-electron chi connectivity index (χ4n) is 9.80. The summed E-state index contributed by atoms with van der Waals surface area (Å²) in [6.07, 6.45) is 15.7. The molecule has 1 unspecified atom stereocenters. The molecule has 4 fully saturated rings. The van der Waals surface area contributed by atoms with Crippen molar-refractivity contribution in [3.8, 4) is 0 Å². The molecule has 2 N–H and O–H groups in total. The normalized spacial score (nSPS) is 44.8. The molecule has 4 aliphatic rings. The molecule has 4 nitrogen and oxygen atoms in total. The van der Waals surface area contributed by atoms with E-state index in [-0.39, 0.29) is 11.8 Å². The number of aliphatic carboxylic acids is 2. The first kappa shape index (κ1) is 24.5. The van der Waals surface area contributed by atoms with Crippen molar-refractivity contribution < 1.29 is 19.8 Å². The van der Waals surface area contributed by atoms with Gasteiger partial charge in [-0.1, -0.05) is 32.9 Å². The van der Waals surface area contributed by atoms with Crippen molar-refractivity contribution >= 4 is 11.9 Å². The summed E-state index contributed by atoms with van der Waals surface area (Å²) in [6, 6.07) is 0. The van der Waals surface area contributed by atoms with Crippen LogP contribution in [0.5, 0.6) is 0 Å². The van der Waals surface area contributed by atoms with Crippen LogP contribution >= 0.6 is 0 Å². The van der Waals surface area contributed by atoms with Gasteiger partial charge in [-0.2, -0.15) is 0 Å². The molecule has 184 valence electrons. The van der Waals surface area contributed by atoms with Gasteiger partial charge >= 0.3 is 11.9 Å². The number of fused-ring (bicyclic) bond motifs is 2. The number of carbonyl (C=O) groups is 2. The zero-order chi connectivity index (χ0) is 24.2. The second kappa shape index (κ2) is 8.27. The van der Waals surface area contributed by atoms with Gasteiger partial charge in [0, 0.05) is 12.0 Å². The van der Waals surface area contributed by atoms with Gasteiger partial charge in [-0.05, 0) is 116 Å². The van der Waals surface area contributed by atoms with Gasteiger partial charge in [0.05, 0.1) is 0 Å². The molecule has 4 aliphatic carbocycles. The molecule has 0 heterocycles. The Bertz CT molecular complexity index is 860. The van der Waals surface area contributed by atoms with Crippen LogP contribution < -0.4 is 0 Å². The predicted molar refractivity (Wildman–Crippen MR) is 131 cm³/mol. The number of hydrogen-bond acceptors (Lipinski definition) is 2. The van der Waals surface area contributed by atoms with Crippen molar-refractivity contribution in [1.82, 2.24) is 0 Å². The van der Waals surface area contributed by atoms with Crippen molar-refractivity contribution in [3.63, 3.8) is 0 Å². The lowest BCUT2D eigenvalue weighted by molar-refractivity contribution is -0.139. The maximum absolute atomic E-state index is 11.5. The van der Waals surface area contributed by atoms with Gasteiger partial charge in [-0.15, -0.1) is 6.58 Å². The van der Waals surface area contributed by atoms with Gasteiger partial charge in [0.15, 0.2) is 0 Å². The molecule has 0 aromatic heterocycles. The summed E-state index contributed by atoms with van der Waals surface area (Å²) in [4.78, 5) is 22.6. The van der Waals surface area contributed by atoms with Gasteiger partial charge in [0.2, 0.25) is 0 Å². The third kappa shape index (κ3) is 3.45. The van der Waals surface area contributed by atoms with E-state index in [1.807, 2.05) is 6.08 Å². The van der Waals surface area contributed by atoms with E-state index in [0.29, 0.717) is 45.5 Å². The van der Waals surface area contributed by atoms with E-state index in [2.05, 4.69) is 33.4 Å². The maximum atomic E-state index is 11.5. The minimum atomic E-state index is -0.813. The molecule has 4 heteroatoms. The van der Waals surface area contributed by atoms with Crippen LogP contribution in [0.15, 0.2) is 24.3 Å². The third-order valence-corrected chi connectivity index (χ3v) is 11.8. The fourth-order valence-corrected chi connectivity index (χ4v) is 9.80. The van der Waals surface area contributed by atoms with Crippen LogP contribution in [0.3, 0.4) is 0 Å². The lowest BCUT2D eigenvalue weighted by Gasteiger charge is -2.61. The summed E-state index contributed by atoms with van der Waals surface area (Å²) in [5.41, 5.74) is 1.58. The standard InChI is InChI=1S/C29H44O4/c1-6-21-10-11-23-27(5)14-12-22(19(2)8-7-9-20(3)25(32)33)26(27,4)16-17-29(23)18-28(21,29)15-13-24(30)31/h6,9,19,21-23H,1,7-8,10-18H2,2-5H3,(H,30,31)(H,32,33)/b20-9-/t19-,21?,22-,23+,26-,27+,28-,29+/m1/s1. The second-order valence-corrected chi connectivity index (χ2v) is 12.6. The maximum Gasteiger partial charge on any atom is 0.330 e. The largest absolute Gasteiger partial charge is 0.481 e. The molecule has 4 saturated carbocycles. The minimum absolute atomic E-state index is 0.170. The number of hydrogen-bond donors (Lipinski definition) is 2. The molecule has 33 heavy (non-hydrogen) atoms. The lowest BCUT2D eigenvalue weighted by Crippen LogP contribution is -2.54. The smallest absolute Gasteiger partial charge is 0.330 e. The Balaban J connectivity index is 1.55. The van der Waals surface area contributed by atoms with Crippen LogP contribution in [0.2, 0.25) is 0 Å². The van der Waals surface area contributed by atoms with Crippen molar-refractivity contribution in [1.29, 1.82) is 0 Å². The fraction of sp³-hybridized carbons (Fsp3) is 0.793. The van der Waals surface area contributed by atoms with E-state index < -0.39 is 11.9 Å². The molecule has 4 rings (SSSR count). The van der Waals surface area contributed by atoms with Crippen LogP contribution in [-0.2, 0) is 9.59 Å². The summed E-state index contributed by atoms with van der Waals surface area (Å²) >= 11 is 0. The molecule has 0 aromatic carbocycles. The van der Waals surface area contributed by atoms with Crippen molar-refractivity contribution in [2.75, 3.05) is 0 Å². The first-order valence-corrected chi connectivity index (χ1v) is 13.2. The Labute approximate surface area is 199 Å². The van der Waals surface area contributed by atoms with E-state index in [1.165, 1.54) is 44.9 Å². The number of allylic oxidation sites excluding steroid dienone is 2. The SMILES string of the molecule is C=CC1CC[C@@H]2[C@]3(CC[C@]4(C)[C@@H]([C@H](C)CC/C=C(/C)C(=O)O)CC[C@@]24C)C[C@]13CCC(=O)O. The molecule has 0 aromatic rings. The highest BCUT2D eigenvalue weighted by Gasteiger charge is 2.79. The summed E-state index contributed by atoms with van der Waals surface area (Å²) in [6.45, 7) is 13.4. The predicted octanol–water partition coefficient (Wildman–Crippen LogP) is 7.10. The van der Waals surface area contributed by atoms with Gasteiger partial charge in [0.1, 0.15) is 0 Å². The average Bonchev–Trinajstić information content (AvgIpc) is 3.35. The summed E-state index contributed by atoms with van der Waals surface area (Å²) in [5.74, 6) is 0.963. The van der Waals surface area contributed by atoms with Crippen LogP contribution in [0.1, 0.15) is 98.3 Å². The van der Waals surface area contributed by atoms with Crippen molar-refractivity contribution in [2.24, 2.45) is 45.3 Å². The Hall–Kier alpha value is -1.58. The zero-order valence-corrected chi connectivity index (χ0v) is 21.2. The van der Waals surface area contributed by atoms with Gasteiger partial charge in [-0.25, -0.2) is 4.79 Å². The van der Waals surface area contributed by atoms with Gasteiger partial charge in [0.25, 0.3) is 0 Å². The number of carboxylic acid groups (broad SMARTS) is 2.